The minimum Gasteiger partial charge on any atom is -0.465 e. The van der Waals surface area contributed by atoms with E-state index in [1.54, 1.807) is 6.20 Å². The number of halogens is 1. The number of hydrogen-bond acceptors (Lipinski definition) is 5. The normalized spacial score (nSPS) is 14.5. The Balaban J connectivity index is 2.05. The van der Waals surface area contributed by atoms with E-state index < -0.39 is 5.97 Å². The van der Waals surface area contributed by atoms with Gasteiger partial charge in [-0.25, -0.2) is 9.78 Å². The zero-order chi connectivity index (χ0) is 16.7. The molecule has 1 aliphatic rings. The topological polar surface area (TPSA) is 55.3 Å². The van der Waals surface area contributed by atoms with Gasteiger partial charge < -0.3 is 9.64 Å². The molecule has 0 saturated carbocycles. The van der Waals surface area contributed by atoms with Crippen molar-refractivity contribution >= 4 is 45.2 Å². The third-order valence-corrected chi connectivity index (χ3v) is 4.63. The van der Waals surface area contributed by atoms with Gasteiger partial charge >= 0.3 is 5.97 Å². The van der Waals surface area contributed by atoms with E-state index in [0.29, 0.717) is 10.6 Å². The molecule has 1 aliphatic heterocycles. The first-order valence-corrected chi connectivity index (χ1v) is 8.27. The molecule has 122 valence electrons. The molecule has 5 nitrogen and oxygen atoms in total. The average molecular weight is 342 g/mol. The SMILES string of the molecule is COC(=O)c1cnc2c(c1)c(N1CCCC1)nc1ccc(Cl)cc12. The van der Waals surface area contributed by atoms with Gasteiger partial charge in [0.05, 0.1) is 23.7 Å². The molecule has 0 amide bonds. The second-order valence-electron chi connectivity index (χ2n) is 5.90. The molecule has 0 N–H and O–H groups in total. The van der Waals surface area contributed by atoms with Crippen molar-refractivity contribution < 1.29 is 9.53 Å². The van der Waals surface area contributed by atoms with Crippen LogP contribution >= 0.6 is 11.6 Å². The van der Waals surface area contributed by atoms with Gasteiger partial charge in [-0.1, -0.05) is 11.6 Å². The molecule has 0 unspecified atom stereocenters. The van der Waals surface area contributed by atoms with Crippen LogP contribution in [-0.4, -0.2) is 36.1 Å². The summed E-state index contributed by atoms with van der Waals surface area (Å²) in [5, 5.41) is 2.38. The Bertz CT molecular complexity index is 952. The zero-order valence-corrected chi connectivity index (χ0v) is 14.0. The minimum atomic E-state index is -0.400. The van der Waals surface area contributed by atoms with E-state index in [-0.39, 0.29) is 0 Å². The summed E-state index contributed by atoms with van der Waals surface area (Å²) in [5.41, 5.74) is 2.08. The standard InChI is InChI=1S/C18H16ClN3O2/c1-24-18(23)11-8-14-16(20-10-11)13-9-12(19)4-5-15(13)21-17(14)22-6-2-3-7-22/h4-5,8-10H,2-3,6-7H2,1H3. The van der Waals surface area contributed by atoms with E-state index in [1.807, 2.05) is 24.3 Å². The lowest BCUT2D eigenvalue weighted by Crippen LogP contribution is -2.19. The number of methoxy groups -OCH3 is 1. The van der Waals surface area contributed by atoms with Crippen molar-refractivity contribution in [2.24, 2.45) is 0 Å². The van der Waals surface area contributed by atoms with Crippen LogP contribution in [0.2, 0.25) is 5.02 Å². The number of aromatic nitrogens is 2. The number of nitrogens with zero attached hydrogens (tertiary/aromatic N) is 3. The van der Waals surface area contributed by atoms with Crippen LogP contribution in [0.1, 0.15) is 23.2 Å². The van der Waals surface area contributed by atoms with Crippen molar-refractivity contribution in [3.63, 3.8) is 0 Å². The number of anilines is 1. The summed E-state index contributed by atoms with van der Waals surface area (Å²) in [7, 11) is 1.37. The summed E-state index contributed by atoms with van der Waals surface area (Å²) in [4.78, 5) is 23.5. The van der Waals surface area contributed by atoms with Crippen LogP contribution in [0.4, 0.5) is 5.82 Å². The van der Waals surface area contributed by atoms with Crippen LogP contribution in [0.3, 0.4) is 0 Å². The third-order valence-electron chi connectivity index (χ3n) is 4.40. The summed E-state index contributed by atoms with van der Waals surface area (Å²) in [6, 6.07) is 7.42. The minimum absolute atomic E-state index is 0.400. The van der Waals surface area contributed by atoms with Crippen LogP contribution in [0, 0.1) is 0 Å². The molecule has 1 fully saturated rings. The maximum Gasteiger partial charge on any atom is 0.339 e. The Hall–Kier alpha value is -2.40. The second-order valence-corrected chi connectivity index (χ2v) is 6.34. The molecule has 4 rings (SSSR count). The Morgan fingerprint density at radius 3 is 2.75 bits per heavy atom. The van der Waals surface area contributed by atoms with Gasteiger partial charge in [-0.3, -0.25) is 4.98 Å². The lowest BCUT2D eigenvalue weighted by Gasteiger charge is -2.19. The molecule has 0 radical (unpaired) electrons. The first-order valence-electron chi connectivity index (χ1n) is 7.89. The number of pyridine rings is 2. The number of hydrogen-bond donors (Lipinski definition) is 0. The van der Waals surface area contributed by atoms with Crippen molar-refractivity contribution in [1.29, 1.82) is 0 Å². The van der Waals surface area contributed by atoms with Crippen LogP contribution < -0.4 is 4.90 Å². The summed E-state index contributed by atoms with van der Waals surface area (Å²) in [6.45, 7) is 1.92. The smallest absolute Gasteiger partial charge is 0.339 e. The highest BCUT2D eigenvalue weighted by molar-refractivity contribution is 6.31. The predicted molar refractivity (Wildman–Crippen MR) is 94.8 cm³/mol. The second kappa shape index (κ2) is 5.91. The number of carbonyl (C=O) groups is 1. The van der Waals surface area contributed by atoms with Crippen molar-refractivity contribution in [2.45, 2.75) is 12.8 Å². The lowest BCUT2D eigenvalue weighted by atomic mass is 10.1. The maximum atomic E-state index is 11.9. The number of carbonyl (C=O) groups excluding carboxylic acids is 1. The number of benzene rings is 1. The van der Waals surface area contributed by atoms with Gasteiger partial charge in [-0.2, -0.15) is 0 Å². The summed E-state index contributed by atoms with van der Waals surface area (Å²) in [6.07, 6.45) is 3.83. The Kier molecular flexibility index (Phi) is 3.73. The van der Waals surface area contributed by atoms with Crippen LogP contribution in [0.5, 0.6) is 0 Å². The van der Waals surface area contributed by atoms with Gasteiger partial charge in [0.15, 0.2) is 0 Å². The quantitative estimate of drug-likeness (QED) is 0.524. The Morgan fingerprint density at radius 2 is 2.00 bits per heavy atom. The zero-order valence-electron chi connectivity index (χ0n) is 13.3. The fraction of sp³-hybridized carbons (Fsp3) is 0.278. The fourth-order valence-corrected chi connectivity index (χ4v) is 3.39. The molecule has 0 bridgehead atoms. The van der Waals surface area contributed by atoms with Gasteiger partial charge in [-0.05, 0) is 37.1 Å². The summed E-state index contributed by atoms with van der Waals surface area (Å²) in [5.74, 6) is 0.471. The Morgan fingerprint density at radius 1 is 1.21 bits per heavy atom. The molecule has 6 heteroatoms. The number of esters is 1. The molecule has 1 saturated heterocycles. The molecule has 3 heterocycles. The molecule has 0 aliphatic carbocycles. The number of ether oxygens (including phenoxy) is 1. The first-order chi connectivity index (χ1) is 11.7. The molecule has 2 aromatic heterocycles. The van der Waals surface area contributed by atoms with E-state index in [0.717, 1.165) is 53.6 Å². The first kappa shape index (κ1) is 15.1. The number of fused-ring (bicyclic) bond motifs is 3. The Labute approximate surface area is 144 Å². The van der Waals surface area contributed by atoms with Gasteiger partial charge in [0.2, 0.25) is 0 Å². The summed E-state index contributed by atoms with van der Waals surface area (Å²) >= 11 is 6.15. The highest BCUT2D eigenvalue weighted by Gasteiger charge is 2.20. The van der Waals surface area contributed by atoms with E-state index in [1.165, 1.54) is 7.11 Å². The van der Waals surface area contributed by atoms with Crippen LogP contribution in [0.25, 0.3) is 21.8 Å². The molecule has 0 atom stereocenters. The van der Waals surface area contributed by atoms with E-state index in [9.17, 15) is 4.79 Å². The van der Waals surface area contributed by atoms with Crippen LogP contribution in [0.15, 0.2) is 30.5 Å². The molecule has 0 spiro atoms. The molecular formula is C18H16ClN3O2. The van der Waals surface area contributed by atoms with Crippen molar-refractivity contribution in [1.82, 2.24) is 9.97 Å². The molecule has 3 aromatic rings. The predicted octanol–water partition coefficient (Wildman–Crippen LogP) is 3.82. The highest BCUT2D eigenvalue weighted by atomic mass is 35.5. The highest BCUT2D eigenvalue weighted by Crippen LogP contribution is 2.33. The van der Waals surface area contributed by atoms with Gasteiger partial charge in [0, 0.05) is 35.1 Å². The number of rotatable bonds is 2. The average Bonchev–Trinajstić information content (AvgIpc) is 3.14. The third kappa shape index (κ3) is 2.45. The monoisotopic (exact) mass is 341 g/mol. The van der Waals surface area contributed by atoms with E-state index >= 15 is 0 Å². The van der Waals surface area contributed by atoms with E-state index in [4.69, 9.17) is 21.3 Å². The largest absolute Gasteiger partial charge is 0.465 e. The van der Waals surface area contributed by atoms with Gasteiger partial charge in [-0.15, -0.1) is 0 Å². The van der Waals surface area contributed by atoms with Gasteiger partial charge in [0.25, 0.3) is 0 Å². The molecule has 24 heavy (non-hydrogen) atoms. The van der Waals surface area contributed by atoms with E-state index in [2.05, 4.69) is 9.88 Å². The fourth-order valence-electron chi connectivity index (χ4n) is 3.22. The van der Waals surface area contributed by atoms with Crippen molar-refractivity contribution in [2.75, 3.05) is 25.1 Å². The lowest BCUT2D eigenvalue weighted by molar-refractivity contribution is 0.0600. The summed E-state index contributed by atoms with van der Waals surface area (Å²) < 4.78 is 4.82. The molecule has 1 aromatic carbocycles. The maximum absolute atomic E-state index is 11.9. The van der Waals surface area contributed by atoms with Crippen molar-refractivity contribution in [3.8, 4) is 0 Å². The molecular weight excluding hydrogens is 326 g/mol. The van der Waals surface area contributed by atoms with Crippen LogP contribution in [-0.2, 0) is 4.74 Å². The van der Waals surface area contributed by atoms with Gasteiger partial charge in [0.1, 0.15) is 5.82 Å². The van der Waals surface area contributed by atoms with Crippen molar-refractivity contribution in [3.05, 3.63) is 41.0 Å².